The lowest BCUT2D eigenvalue weighted by atomic mass is 9.96. The Hall–Kier alpha value is -4.02. The molecule has 11 heteroatoms. The van der Waals surface area contributed by atoms with E-state index in [1.165, 1.54) is 73.6 Å². The molecule has 0 saturated carbocycles. The quantitative estimate of drug-likeness (QED) is 0.263. The molecule has 2 heterocycles. The molecule has 0 aliphatic carbocycles. The van der Waals surface area contributed by atoms with Crippen molar-refractivity contribution in [1.29, 1.82) is 0 Å². The third kappa shape index (κ3) is 4.68. The SMILES string of the molecule is COc1cc(-c2cc(F)cc(Cl)c2)c(F)cc1-c1cn(C)c(=O)c2cc(S(=O)(=O)Cc3ccon3)ccc12. The molecule has 0 aliphatic heterocycles. The second-order valence-electron chi connectivity index (χ2n) is 8.61. The fourth-order valence-electron chi connectivity index (χ4n) is 4.31. The van der Waals surface area contributed by atoms with E-state index in [0.29, 0.717) is 16.5 Å². The van der Waals surface area contributed by atoms with Crippen molar-refractivity contribution < 1.29 is 26.5 Å². The molecule has 5 aromatic rings. The lowest BCUT2D eigenvalue weighted by Crippen LogP contribution is -2.17. The van der Waals surface area contributed by atoms with Crippen LogP contribution in [-0.4, -0.2) is 25.3 Å². The largest absolute Gasteiger partial charge is 0.496 e. The van der Waals surface area contributed by atoms with Gasteiger partial charge in [0.05, 0.1) is 17.7 Å². The van der Waals surface area contributed by atoms with Crippen LogP contribution in [-0.2, 0) is 22.6 Å². The van der Waals surface area contributed by atoms with E-state index in [0.717, 1.165) is 12.1 Å². The van der Waals surface area contributed by atoms with E-state index in [1.807, 2.05) is 0 Å². The van der Waals surface area contributed by atoms with Crippen molar-refractivity contribution in [3.63, 3.8) is 0 Å². The number of ether oxygens (including phenoxy) is 1. The van der Waals surface area contributed by atoms with Gasteiger partial charge in [0.2, 0.25) is 0 Å². The number of rotatable bonds is 6. The summed E-state index contributed by atoms with van der Waals surface area (Å²) in [5.74, 6) is -1.44. The van der Waals surface area contributed by atoms with E-state index >= 15 is 4.39 Å². The lowest BCUT2D eigenvalue weighted by Gasteiger charge is -2.16. The molecule has 0 aliphatic rings. The molecule has 5 rings (SSSR count). The van der Waals surface area contributed by atoms with Gasteiger partial charge in [-0.2, -0.15) is 0 Å². The van der Waals surface area contributed by atoms with Crippen molar-refractivity contribution in [2.75, 3.05) is 7.11 Å². The topological polar surface area (TPSA) is 91.4 Å². The third-order valence-corrected chi connectivity index (χ3v) is 7.96. The Labute approximate surface area is 220 Å². The Morgan fingerprint density at radius 1 is 1.00 bits per heavy atom. The molecule has 0 N–H and O–H groups in total. The summed E-state index contributed by atoms with van der Waals surface area (Å²) < 4.78 is 66.8. The van der Waals surface area contributed by atoms with Crippen molar-refractivity contribution in [3.05, 3.63) is 99.8 Å². The first-order valence-electron chi connectivity index (χ1n) is 11.2. The van der Waals surface area contributed by atoms with Gasteiger partial charge in [-0.25, -0.2) is 17.2 Å². The first-order valence-corrected chi connectivity index (χ1v) is 13.2. The molecule has 0 fully saturated rings. The Morgan fingerprint density at radius 2 is 1.79 bits per heavy atom. The Bertz CT molecular complexity index is 1850. The third-order valence-electron chi connectivity index (χ3n) is 6.10. The van der Waals surface area contributed by atoms with Crippen LogP contribution in [0.1, 0.15) is 5.69 Å². The zero-order chi connectivity index (χ0) is 27.2. The number of hydrogen-bond acceptors (Lipinski definition) is 6. The van der Waals surface area contributed by atoms with Crippen LogP contribution < -0.4 is 10.3 Å². The lowest BCUT2D eigenvalue weighted by molar-refractivity contribution is 0.413. The van der Waals surface area contributed by atoms with Crippen LogP contribution in [0.5, 0.6) is 5.75 Å². The number of nitrogens with zero attached hydrogens (tertiary/aromatic N) is 2. The maximum absolute atomic E-state index is 15.4. The molecule has 0 amide bonds. The highest BCUT2D eigenvalue weighted by Gasteiger charge is 2.22. The number of halogens is 3. The fourth-order valence-corrected chi connectivity index (χ4v) is 5.81. The molecule has 0 saturated heterocycles. The van der Waals surface area contributed by atoms with Crippen LogP contribution in [0.25, 0.3) is 33.0 Å². The molecule has 2 aromatic heterocycles. The second-order valence-corrected chi connectivity index (χ2v) is 11.0. The van der Waals surface area contributed by atoms with Gasteiger partial charge < -0.3 is 13.8 Å². The summed E-state index contributed by atoms with van der Waals surface area (Å²) in [5, 5.41) is 4.27. The van der Waals surface area contributed by atoms with Crippen molar-refractivity contribution in [3.8, 4) is 28.0 Å². The van der Waals surface area contributed by atoms with E-state index in [-0.39, 0.29) is 37.9 Å². The maximum Gasteiger partial charge on any atom is 0.258 e. The van der Waals surface area contributed by atoms with Crippen molar-refractivity contribution in [2.24, 2.45) is 7.05 Å². The second kappa shape index (κ2) is 9.70. The Balaban J connectivity index is 1.68. The van der Waals surface area contributed by atoms with Gasteiger partial charge in [0.1, 0.15) is 29.4 Å². The minimum atomic E-state index is -3.84. The molecule has 0 unspecified atom stereocenters. The molecule has 194 valence electrons. The highest BCUT2D eigenvalue weighted by Crippen LogP contribution is 2.39. The minimum Gasteiger partial charge on any atom is -0.496 e. The Morgan fingerprint density at radius 3 is 2.47 bits per heavy atom. The Kier molecular flexibility index (Phi) is 6.54. The first kappa shape index (κ1) is 25.6. The highest BCUT2D eigenvalue weighted by atomic mass is 35.5. The number of pyridine rings is 1. The molecular formula is C27H19ClF2N2O5S. The predicted molar refractivity (Wildman–Crippen MR) is 139 cm³/mol. The molecule has 0 spiro atoms. The molecule has 0 radical (unpaired) electrons. The van der Waals surface area contributed by atoms with E-state index in [4.69, 9.17) is 20.9 Å². The summed E-state index contributed by atoms with van der Waals surface area (Å²) in [6.07, 6.45) is 2.79. The molecule has 0 bridgehead atoms. The van der Waals surface area contributed by atoms with E-state index < -0.39 is 32.8 Å². The normalized spacial score (nSPS) is 11.7. The van der Waals surface area contributed by atoms with Gasteiger partial charge in [0.25, 0.3) is 5.56 Å². The van der Waals surface area contributed by atoms with Gasteiger partial charge >= 0.3 is 0 Å². The van der Waals surface area contributed by atoms with Gasteiger partial charge in [-0.05, 0) is 53.4 Å². The summed E-state index contributed by atoms with van der Waals surface area (Å²) in [7, 11) is -0.933. The van der Waals surface area contributed by atoms with Gasteiger partial charge in [-0.3, -0.25) is 4.79 Å². The first-order chi connectivity index (χ1) is 18.1. The summed E-state index contributed by atoms with van der Waals surface area (Å²) in [6, 6.07) is 12.0. The number of methoxy groups -OCH3 is 1. The van der Waals surface area contributed by atoms with Gasteiger partial charge in [0, 0.05) is 46.4 Å². The van der Waals surface area contributed by atoms with Crippen LogP contribution in [0.3, 0.4) is 0 Å². The number of benzene rings is 3. The zero-order valence-electron chi connectivity index (χ0n) is 20.0. The molecular weight excluding hydrogens is 538 g/mol. The number of aryl methyl sites for hydroxylation is 1. The van der Waals surface area contributed by atoms with Gasteiger partial charge in [0.15, 0.2) is 9.84 Å². The number of hydrogen-bond donors (Lipinski definition) is 0. The molecule has 0 atom stereocenters. The maximum atomic E-state index is 15.4. The average molecular weight is 557 g/mol. The molecule has 3 aromatic carbocycles. The number of aromatic nitrogens is 2. The number of sulfone groups is 1. The van der Waals surface area contributed by atoms with Crippen molar-refractivity contribution >= 4 is 32.2 Å². The van der Waals surface area contributed by atoms with E-state index in [9.17, 15) is 17.6 Å². The molecule has 7 nitrogen and oxygen atoms in total. The van der Waals surface area contributed by atoms with Crippen LogP contribution in [0.15, 0.2) is 81.3 Å². The van der Waals surface area contributed by atoms with Crippen LogP contribution in [0, 0.1) is 11.6 Å². The standard InChI is InChI=1S/C27H19ClF2N2O5S/c1-32-13-24(22-11-25(30)21(12-26(22)36-2)15-7-16(28)9-17(29)8-15)20-4-3-19(10-23(20)27(32)33)38(34,35)14-18-5-6-37-31-18/h3-13H,14H2,1-2H3. The summed E-state index contributed by atoms with van der Waals surface area (Å²) >= 11 is 5.96. The zero-order valence-corrected chi connectivity index (χ0v) is 21.6. The van der Waals surface area contributed by atoms with Crippen LogP contribution in [0.4, 0.5) is 8.78 Å². The minimum absolute atomic E-state index is 0.0706. The van der Waals surface area contributed by atoms with Crippen LogP contribution >= 0.6 is 11.6 Å². The molecule has 38 heavy (non-hydrogen) atoms. The fraction of sp³-hybridized carbons (Fsp3) is 0.111. The average Bonchev–Trinajstić information content (AvgIpc) is 3.37. The highest BCUT2D eigenvalue weighted by molar-refractivity contribution is 7.90. The van der Waals surface area contributed by atoms with Crippen molar-refractivity contribution in [1.82, 2.24) is 9.72 Å². The summed E-state index contributed by atoms with van der Waals surface area (Å²) in [5.41, 5.74) is 0.837. The van der Waals surface area contributed by atoms with Gasteiger partial charge in [-0.15, -0.1) is 0 Å². The smallest absolute Gasteiger partial charge is 0.258 e. The van der Waals surface area contributed by atoms with Crippen LogP contribution in [0.2, 0.25) is 5.02 Å². The van der Waals surface area contributed by atoms with Gasteiger partial charge in [-0.1, -0.05) is 22.8 Å². The van der Waals surface area contributed by atoms with Crippen molar-refractivity contribution in [2.45, 2.75) is 10.6 Å². The van der Waals surface area contributed by atoms with E-state index in [2.05, 4.69) is 5.16 Å². The summed E-state index contributed by atoms with van der Waals surface area (Å²) in [4.78, 5) is 12.9. The monoisotopic (exact) mass is 556 g/mol. The van der Waals surface area contributed by atoms with E-state index in [1.54, 1.807) is 0 Å². The summed E-state index contributed by atoms with van der Waals surface area (Å²) in [6.45, 7) is 0. The predicted octanol–water partition coefficient (Wildman–Crippen LogP) is 5.77. The number of fused-ring (bicyclic) bond motifs is 1.